The van der Waals surface area contributed by atoms with Gasteiger partial charge in [-0.3, -0.25) is 0 Å². The fourth-order valence-electron chi connectivity index (χ4n) is 0.774. The molecule has 0 rings (SSSR count). The number of rotatable bonds is 4. The zero-order chi connectivity index (χ0) is 8.20. The molecule has 0 spiro atoms. The summed E-state index contributed by atoms with van der Waals surface area (Å²) in [6.45, 7) is 6.00. The van der Waals surface area contributed by atoms with Crippen LogP contribution in [-0.4, -0.2) is 42.2 Å². The normalized spacial score (nSPS) is 11.5. The molecule has 3 heteroatoms. The van der Waals surface area contributed by atoms with Gasteiger partial charge in [-0.15, -0.1) is 0 Å². The fraction of sp³-hybridized carbons (Fsp3) is 0.857. The van der Waals surface area contributed by atoms with E-state index < -0.39 is 5.97 Å². The topological polar surface area (TPSA) is 37.3 Å². The van der Waals surface area contributed by atoms with E-state index in [4.69, 9.17) is 5.11 Å². The molecule has 0 atom stereocenters. The minimum absolute atomic E-state index is 0.229. The Balaban J connectivity index is 3.92. The zero-order valence-electron chi connectivity index (χ0n) is 6.92. The molecule has 0 saturated carbocycles. The van der Waals surface area contributed by atoms with Crippen molar-refractivity contribution in [3.63, 3.8) is 0 Å². The second kappa shape index (κ2) is 3.56. The van der Waals surface area contributed by atoms with Crippen molar-refractivity contribution in [3.8, 4) is 0 Å². The highest BCUT2D eigenvalue weighted by Gasteiger charge is 2.19. The van der Waals surface area contributed by atoms with Crippen LogP contribution < -0.4 is 0 Å². The number of likely N-dealkylation sites (N-methyl/N-ethyl adjacent to an activating group) is 1. The fourth-order valence-corrected chi connectivity index (χ4v) is 0.774. The molecule has 10 heavy (non-hydrogen) atoms. The van der Waals surface area contributed by atoms with Crippen LogP contribution in [-0.2, 0) is 4.79 Å². The van der Waals surface area contributed by atoms with Gasteiger partial charge in [0.25, 0.3) is 0 Å². The van der Waals surface area contributed by atoms with Crippen molar-refractivity contribution in [2.75, 3.05) is 26.7 Å². The molecule has 0 amide bonds. The lowest BCUT2D eigenvalue weighted by Gasteiger charge is -2.29. The molecular weight excluding hydrogens is 130 g/mol. The predicted molar refractivity (Wildman–Crippen MR) is 39.8 cm³/mol. The van der Waals surface area contributed by atoms with E-state index in [0.717, 1.165) is 13.1 Å². The van der Waals surface area contributed by atoms with Crippen LogP contribution in [0.5, 0.6) is 0 Å². The maximum atomic E-state index is 10.3. The second-order valence-corrected chi connectivity index (χ2v) is 2.80. The lowest BCUT2D eigenvalue weighted by molar-refractivity contribution is -0.899. The summed E-state index contributed by atoms with van der Waals surface area (Å²) in [5.74, 6) is -0.716. The van der Waals surface area contributed by atoms with Crippen molar-refractivity contribution in [2.24, 2.45) is 0 Å². The molecule has 0 bridgehead atoms. The average molecular weight is 146 g/mol. The maximum absolute atomic E-state index is 10.3. The summed E-state index contributed by atoms with van der Waals surface area (Å²) in [6, 6.07) is 0. The highest BCUT2D eigenvalue weighted by atomic mass is 16.4. The smallest absolute Gasteiger partial charge is 0.359 e. The van der Waals surface area contributed by atoms with Gasteiger partial charge in [-0.05, 0) is 13.8 Å². The van der Waals surface area contributed by atoms with Gasteiger partial charge >= 0.3 is 5.97 Å². The Hall–Kier alpha value is -0.570. The van der Waals surface area contributed by atoms with Gasteiger partial charge in [-0.2, -0.15) is 0 Å². The molecule has 3 nitrogen and oxygen atoms in total. The number of carboxylic acids is 1. The van der Waals surface area contributed by atoms with Gasteiger partial charge in [0.15, 0.2) is 6.54 Å². The number of hydrogen-bond donors (Lipinski definition) is 1. The van der Waals surface area contributed by atoms with E-state index >= 15 is 0 Å². The largest absolute Gasteiger partial charge is 0.477 e. The van der Waals surface area contributed by atoms with Gasteiger partial charge in [0, 0.05) is 0 Å². The van der Waals surface area contributed by atoms with Crippen LogP contribution in [0.4, 0.5) is 0 Å². The van der Waals surface area contributed by atoms with Crippen LogP contribution in [0.25, 0.3) is 0 Å². The van der Waals surface area contributed by atoms with E-state index in [2.05, 4.69) is 0 Å². The lowest BCUT2D eigenvalue weighted by Crippen LogP contribution is -2.47. The van der Waals surface area contributed by atoms with Gasteiger partial charge < -0.3 is 9.59 Å². The van der Waals surface area contributed by atoms with Crippen molar-refractivity contribution < 1.29 is 14.4 Å². The average Bonchev–Trinajstić information content (AvgIpc) is 1.87. The number of hydrogen-bond acceptors (Lipinski definition) is 1. The van der Waals surface area contributed by atoms with E-state index in [1.807, 2.05) is 20.9 Å². The van der Waals surface area contributed by atoms with Gasteiger partial charge in [0.05, 0.1) is 20.1 Å². The van der Waals surface area contributed by atoms with E-state index in [9.17, 15) is 4.79 Å². The zero-order valence-corrected chi connectivity index (χ0v) is 6.92. The Morgan fingerprint density at radius 1 is 1.40 bits per heavy atom. The molecule has 0 saturated heterocycles. The van der Waals surface area contributed by atoms with Crippen molar-refractivity contribution in [1.29, 1.82) is 0 Å². The van der Waals surface area contributed by atoms with Crippen LogP contribution >= 0.6 is 0 Å². The molecule has 1 N–H and O–H groups in total. The molecule has 60 valence electrons. The standard InChI is InChI=1S/C7H15NO2/c1-4-8(3,5-2)6-7(9)10/h4-6H2,1-3H3/p+1. The minimum Gasteiger partial charge on any atom is -0.477 e. The number of quaternary nitrogens is 1. The Bertz CT molecular complexity index is 119. The first-order valence-corrected chi connectivity index (χ1v) is 3.59. The maximum Gasteiger partial charge on any atom is 0.359 e. The first-order valence-electron chi connectivity index (χ1n) is 3.59. The second-order valence-electron chi connectivity index (χ2n) is 2.80. The third-order valence-electron chi connectivity index (χ3n) is 2.04. The van der Waals surface area contributed by atoms with Crippen LogP contribution in [0.1, 0.15) is 13.8 Å². The third kappa shape index (κ3) is 2.82. The molecule has 0 aliphatic rings. The summed E-state index contributed by atoms with van der Waals surface area (Å²) in [4.78, 5) is 10.3. The van der Waals surface area contributed by atoms with Gasteiger partial charge in [-0.25, -0.2) is 4.79 Å². The molecule has 0 aliphatic heterocycles. The quantitative estimate of drug-likeness (QED) is 0.588. The summed E-state index contributed by atoms with van der Waals surface area (Å²) < 4.78 is 0.620. The van der Waals surface area contributed by atoms with Crippen molar-refractivity contribution in [2.45, 2.75) is 13.8 Å². The highest BCUT2D eigenvalue weighted by Crippen LogP contribution is 1.99. The third-order valence-corrected chi connectivity index (χ3v) is 2.04. The first kappa shape index (κ1) is 9.43. The summed E-state index contributed by atoms with van der Waals surface area (Å²) in [5.41, 5.74) is 0. The molecule has 0 aromatic heterocycles. The van der Waals surface area contributed by atoms with Crippen molar-refractivity contribution in [1.82, 2.24) is 0 Å². The van der Waals surface area contributed by atoms with Crippen LogP contribution in [0.2, 0.25) is 0 Å². The molecule has 0 aliphatic carbocycles. The summed E-state index contributed by atoms with van der Waals surface area (Å²) in [6.07, 6.45) is 0. The number of nitrogens with zero attached hydrogens (tertiary/aromatic N) is 1. The Kier molecular flexibility index (Phi) is 3.36. The molecule has 0 aromatic carbocycles. The molecule has 0 fully saturated rings. The molecular formula is C7H16NO2+. The summed E-state index contributed by atoms with van der Waals surface area (Å²) >= 11 is 0. The van der Waals surface area contributed by atoms with Gasteiger partial charge in [0.2, 0.25) is 0 Å². The van der Waals surface area contributed by atoms with Crippen molar-refractivity contribution in [3.05, 3.63) is 0 Å². The predicted octanol–water partition coefficient (Wildman–Crippen LogP) is 0.557. The minimum atomic E-state index is -0.716. The Labute approximate surface area is 61.9 Å². The highest BCUT2D eigenvalue weighted by molar-refractivity contribution is 5.67. The Morgan fingerprint density at radius 2 is 1.80 bits per heavy atom. The van der Waals surface area contributed by atoms with E-state index in [1.165, 1.54) is 0 Å². The van der Waals surface area contributed by atoms with E-state index in [-0.39, 0.29) is 6.54 Å². The number of carboxylic acid groups (broad SMARTS) is 1. The van der Waals surface area contributed by atoms with E-state index in [1.54, 1.807) is 0 Å². The van der Waals surface area contributed by atoms with Gasteiger partial charge in [0.1, 0.15) is 0 Å². The molecule has 0 unspecified atom stereocenters. The van der Waals surface area contributed by atoms with Crippen LogP contribution in [0.3, 0.4) is 0 Å². The van der Waals surface area contributed by atoms with Crippen LogP contribution in [0.15, 0.2) is 0 Å². The Morgan fingerprint density at radius 3 is 1.90 bits per heavy atom. The van der Waals surface area contributed by atoms with Crippen LogP contribution in [0, 0.1) is 0 Å². The summed E-state index contributed by atoms with van der Waals surface area (Å²) in [7, 11) is 1.95. The monoisotopic (exact) mass is 146 g/mol. The number of carbonyl (C=O) groups is 1. The summed E-state index contributed by atoms with van der Waals surface area (Å²) in [5, 5.41) is 8.50. The molecule has 0 aromatic rings. The molecule has 0 radical (unpaired) electrons. The van der Waals surface area contributed by atoms with Crippen molar-refractivity contribution >= 4 is 5.97 Å². The number of aliphatic carboxylic acids is 1. The SMILES string of the molecule is CC[N+](C)(CC)CC(=O)O. The van der Waals surface area contributed by atoms with Gasteiger partial charge in [-0.1, -0.05) is 0 Å². The van der Waals surface area contributed by atoms with E-state index in [0.29, 0.717) is 4.48 Å². The molecule has 0 heterocycles. The lowest BCUT2D eigenvalue weighted by atomic mass is 10.4. The first-order chi connectivity index (χ1) is 4.54.